The molecule has 0 radical (unpaired) electrons. The molecule has 3 aromatic rings. The first-order chi connectivity index (χ1) is 15.2. The Morgan fingerprint density at radius 3 is 2.28 bits per heavy atom. The first-order valence-corrected chi connectivity index (χ1v) is 12.0. The number of benzene rings is 3. The van der Waals surface area contributed by atoms with Crippen LogP contribution < -0.4 is 14.8 Å². The maximum absolute atomic E-state index is 12.7. The Hall–Kier alpha value is -2.74. The van der Waals surface area contributed by atoms with Gasteiger partial charge in [0.1, 0.15) is 5.75 Å². The summed E-state index contributed by atoms with van der Waals surface area (Å²) in [6, 6.07) is 17.6. The lowest BCUT2D eigenvalue weighted by atomic mass is 10.2. The molecule has 1 amide bonds. The van der Waals surface area contributed by atoms with Gasteiger partial charge in [0.25, 0.3) is 15.9 Å². The number of sulfonamides is 1. The Balaban J connectivity index is 1.68. The Bertz CT molecular complexity index is 1200. The quantitative estimate of drug-likeness (QED) is 0.409. The van der Waals surface area contributed by atoms with Crippen LogP contribution in [0.3, 0.4) is 0 Å². The van der Waals surface area contributed by atoms with Gasteiger partial charge < -0.3 is 10.1 Å². The van der Waals surface area contributed by atoms with E-state index >= 15 is 0 Å². The van der Waals surface area contributed by atoms with E-state index < -0.39 is 16.1 Å². The molecule has 1 atom stereocenters. The van der Waals surface area contributed by atoms with Crippen molar-refractivity contribution in [3.8, 4) is 5.75 Å². The van der Waals surface area contributed by atoms with Crippen LogP contribution in [0, 0.1) is 6.92 Å². The van der Waals surface area contributed by atoms with E-state index in [1.807, 2.05) is 6.92 Å². The van der Waals surface area contributed by atoms with Crippen LogP contribution in [-0.4, -0.2) is 20.4 Å². The largest absolute Gasteiger partial charge is 0.481 e. The van der Waals surface area contributed by atoms with Crippen LogP contribution in [0.1, 0.15) is 18.9 Å². The minimum absolute atomic E-state index is 0.0549. The highest BCUT2D eigenvalue weighted by molar-refractivity contribution is 7.92. The number of carbonyl (C=O) groups is 1. The van der Waals surface area contributed by atoms with E-state index in [2.05, 4.69) is 10.0 Å². The van der Waals surface area contributed by atoms with Crippen molar-refractivity contribution in [1.82, 2.24) is 0 Å². The highest BCUT2D eigenvalue weighted by Crippen LogP contribution is 2.26. The zero-order chi connectivity index (χ0) is 23.3. The molecule has 0 saturated heterocycles. The summed E-state index contributed by atoms with van der Waals surface area (Å²) in [5.41, 5.74) is 1.49. The van der Waals surface area contributed by atoms with Crippen LogP contribution in [0.2, 0.25) is 10.0 Å². The minimum atomic E-state index is -3.82. The maximum Gasteiger partial charge on any atom is 0.265 e. The molecular formula is C23H22Cl2N2O4S. The van der Waals surface area contributed by atoms with Crippen molar-refractivity contribution in [2.45, 2.75) is 31.3 Å². The first kappa shape index (κ1) is 23.9. The fraction of sp³-hybridized carbons (Fsp3) is 0.174. The molecule has 0 aromatic heterocycles. The van der Waals surface area contributed by atoms with E-state index in [9.17, 15) is 13.2 Å². The summed E-state index contributed by atoms with van der Waals surface area (Å²) in [6.45, 7) is 3.56. The molecule has 0 aliphatic heterocycles. The van der Waals surface area contributed by atoms with Gasteiger partial charge in [-0.2, -0.15) is 0 Å². The van der Waals surface area contributed by atoms with Crippen molar-refractivity contribution in [3.05, 3.63) is 82.3 Å². The summed E-state index contributed by atoms with van der Waals surface area (Å²) in [5.74, 6) is 0.186. The molecule has 0 aliphatic rings. The van der Waals surface area contributed by atoms with Crippen molar-refractivity contribution in [2.24, 2.45) is 0 Å². The molecule has 0 aliphatic carbocycles. The molecule has 0 bridgehead atoms. The van der Waals surface area contributed by atoms with Crippen molar-refractivity contribution in [1.29, 1.82) is 0 Å². The number of rotatable bonds is 8. The molecular weight excluding hydrogens is 471 g/mol. The van der Waals surface area contributed by atoms with E-state index in [0.29, 0.717) is 39.2 Å². The summed E-state index contributed by atoms with van der Waals surface area (Å²) >= 11 is 11.9. The summed E-state index contributed by atoms with van der Waals surface area (Å²) in [5, 5.41) is 3.79. The molecule has 0 saturated carbocycles. The Morgan fingerprint density at radius 1 is 1.00 bits per heavy atom. The summed E-state index contributed by atoms with van der Waals surface area (Å²) < 4.78 is 33.7. The predicted octanol–water partition coefficient (Wildman–Crippen LogP) is 5.90. The Morgan fingerprint density at radius 2 is 1.66 bits per heavy atom. The number of halogens is 2. The standard InChI is InChI=1S/C23H22Cl2N2O4S/c1-3-22(31-18-11-7-16(24)8-12-18)23(28)26-17-9-13-19(14-10-17)32(29,30)27-21-6-4-5-20(25)15(21)2/h4-14,22,27H,3H2,1-2H3,(H,26,28)/t22-/m1/s1. The van der Waals surface area contributed by atoms with Crippen LogP contribution in [-0.2, 0) is 14.8 Å². The average molecular weight is 493 g/mol. The van der Waals surface area contributed by atoms with Crippen LogP contribution in [0.15, 0.2) is 71.6 Å². The van der Waals surface area contributed by atoms with E-state index in [0.717, 1.165) is 0 Å². The first-order valence-electron chi connectivity index (χ1n) is 9.80. The van der Waals surface area contributed by atoms with Gasteiger partial charge in [-0.1, -0.05) is 36.2 Å². The van der Waals surface area contributed by atoms with Crippen LogP contribution in [0.4, 0.5) is 11.4 Å². The van der Waals surface area contributed by atoms with Gasteiger partial charge in [0, 0.05) is 15.7 Å². The second-order valence-electron chi connectivity index (χ2n) is 7.00. The van der Waals surface area contributed by atoms with Gasteiger partial charge in [-0.05, 0) is 79.6 Å². The van der Waals surface area contributed by atoms with Gasteiger partial charge in [-0.3, -0.25) is 9.52 Å². The lowest BCUT2D eigenvalue weighted by Crippen LogP contribution is -2.32. The number of ether oxygens (including phenoxy) is 1. The van der Waals surface area contributed by atoms with Gasteiger partial charge in [0.2, 0.25) is 0 Å². The van der Waals surface area contributed by atoms with Gasteiger partial charge in [-0.25, -0.2) is 8.42 Å². The lowest BCUT2D eigenvalue weighted by Gasteiger charge is -2.17. The van der Waals surface area contributed by atoms with E-state index in [1.165, 1.54) is 24.3 Å². The molecule has 32 heavy (non-hydrogen) atoms. The van der Waals surface area contributed by atoms with Crippen molar-refractivity contribution < 1.29 is 17.9 Å². The molecule has 3 aromatic carbocycles. The van der Waals surface area contributed by atoms with Gasteiger partial charge in [0.15, 0.2) is 6.10 Å². The Labute approximate surface area is 197 Å². The minimum Gasteiger partial charge on any atom is -0.481 e. The number of hydrogen-bond acceptors (Lipinski definition) is 4. The average Bonchev–Trinajstić information content (AvgIpc) is 2.76. The molecule has 0 heterocycles. The second kappa shape index (κ2) is 10.3. The van der Waals surface area contributed by atoms with Gasteiger partial charge in [0.05, 0.1) is 10.6 Å². The highest BCUT2D eigenvalue weighted by Gasteiger charge is 2.20. The van der Waals surface area contributed by atoms with E-state index in [1.54, 1.807) is 49.4 Å². The smallest absolute Gasteiger partial charge is 0.265 e. The SMILES string of the molecule is CC[C@@H](Oc1ccc(Cl)cc1)C(=O)Nc1ccc(S(=O)(=O)Nc2cccc(Cl)c2C)cc1. The number of anilines is 2. The molecule has 0 unspecified atom stereocenters. The summed E-state index contributed by atoms with van der Waals surface area (Å²) in [7, 11) is -3.82. The van der Waals surface area contributed by atoms with Crippen LogP contribution in [0.25, 0.3) is 0 Å². The number of carbonyl (C=O) groups excluding carboxylic acids is 1. The topological polar surface area (TPSA) is 84.5 Å². The predicted molar refractivity (Wildman–Crippen MR) is 128 cm³/mol. The fourth-order valence-corrected chi connectivity index (χ4v) is 4.28. The fourth-order valence-electron chi connectivity index (χ4n) is 2.86. The third-order valence-electron chi connectivity index (χ3n) is 4.70. The molecule has 9 heteroatoms. The molecule has 3 rings (SSSR count). The van der Waals surface area contributed by atoms with E-state index in [4.69, 9.17) is 27.9 Å². The van der Waals surface area contributed by atoms with Crippen molar-refractivity contribution in [3.63, 3.8) is 0 Å². The normalized spacial score (nSPS) is 12.1. The van der Waals surface area contributed by atoms with Crippen LogP contribution >= 0.6 is 23.2 Å². The van der Waals surface area contributed by atoms with Gasteiger partial charge in [-0.15, -0.1) is 0 Å². The molecule has 168 valence electrons. The zero-order valence-electron chi connectivity index (χ0n) is 17.4. The monoisotopic (exact) mass is 492 g/mol. The third-order valence-corrected chi connectivity index (χ3v) is 6.74. The highest BCUT2D eigenvalue weighted by atomic mass is 35.5. The van der Waals surface area contributed by atoms with Crippen molar-refractivity contribution >= 4 is 50.5 Å². The third kappa shape index (κ3) is 5.94. The van der Waals surface area contributed by atoms with E-state index in [-0.39, 0.29) is 10.8 Å². The number of nitrogens with one attached hydrogen (secondary N) is 2. The Kier molecular flexibility index (Phi) is 7.66. The van der Waals surface area contributed by atoms with Crippen molar-refractivity contribution in [2.75, 3.05) is 10.0 Å². The lowest BCUT2D eigenvalue weighted by molar-refractivity contribution is -0.122. The maximum atomic E-state index is 12.7. The van der Waals surface area contributed by atoms with Crippen LogP contribution in [0.5, 0.6) is 5.75 Å². The molecule has 0 fully saturated rings. The second-order valence-corrected chi connectivity index (χ2v) is 9.53. The van der Waals surface area contributed by atoms with Gasteiger partial charge >= 0.3 is 0 Å². The number of hydrogen-bond donors (Lipinski definition) is 2. The molecule has 6 nitrogen and oxygen atoms in total. The summed E-state index contributed by atoms with van der Waals surface area (Å²) in [4.78, 5) is 12.7. The summed E-state index contributed by atoms with van der Waals surface area (Å²) in [6.07, 6.45) is -0.267. The zero-order valence-corrected chi connectivity index (χ0v) is 19.8. The number of amides is 1. The molecule has 2 N–H and O–H groups in total. The molecule has 0 spiro atoms.